The van der Waals surface area contributed by atoms with E-state index in [2.05, 4.69) is 6.92 Å². The summed E-state index contributed by atoms with van der Waals surface area (Å²) in [5.41, 5.74) is 7.27. The maximum absolute atomic E-state index is 13.6. The highest BCUT2D eigenvalue weighted by atomic mass is 32.2. The highest BCUT2D eigenvalue weighted by Crippen LogP contribution is 2.46. The fraction of sp³-hybridized carbons (Fsp3) is 0.647. The number of thioether (sulfide) groups is 1. The molecular formula is C17H24FNOS. The van der Waals surface area contributed by atoms with Gasteiger partial charge < -0.3 is 10.5 Å². The summed E-state index contributed by atoms with van der Waals surface area (Å²) in [6.07, 6.45) is 3.91. The second-order valence-electron chi connectivity index (χ2n) is 6.43. The number of ether oxygens (including phenoxy) is 1. The zero-order chi connectivity index (χ0) is 14.9. The lowest BCUT2D eigenvalue weighted by Gasteiger charge is -2.46. The number of hydrogen-bond acceptors (Lipinski definition) is 3. The average Bonchev–Trinajstić information content (AvgIpc) is 2.94. The lowest BCUT2D eigenvalue weighted by Crippen LogP contribution is -2.51. The molecule has 2 N–H and O–H groups in total. The van der Waals surface area contributed by atoms with Crippen molar-refractivity contribution in [3.05, 3.63) is 35.6 Å². The van der Waals surface area contributed by atoms with Crippen LogP contribution in [0.4, 0.5) is 4.39 Å². The van der Waals surface area contributed by atoms with Crippen molar-refractivity contribution in [2.45, 2.75) is 43.7 Å². The summed E-state index contributed by atoms with van der Waals surface area (Å²) in [7, 11) is 0. The summed E-state index contributed by atoms with van der Waals surface area (Å²) in [6, 6.07) is 6.83. The minimum absolute atomic E-state index is 0.0146. The van der Waals surface area contributed by atoms with Crippen LogP contribution in [-0.2, 0) is 10.3 Å². The summed E-state index contributed by atoms with van der Waals surface area (Å²) in [5, 5.41) is 0. The SMILES string of the molecule is CCC(N)(c1cccc(F)c1)C1CCOC2(CCSC2)C1. The lowest BCUT2D eigenvalue weighted by molar-refractivity contribution is -0.0937. The van der Waals surface area contributed by atoms with Gasteiger partial charge in [0.05, 0.1) is 5.60 Å². The Morgan fingerprint density at radius 3 is 3.05 bits per heavy atom. The van der Waals surface area contributed by atoms with Crippen LogP contribution in [0.15, 0.2) is 24.3 Å². The minimum Gasteiger partial charge on any atom is -0.374 e. The van der Waals surface area contributed by atoms with Crippen molar-refractivity contribution in [3.8, 4) is 0 Å². The number of nitrogens with two attached hydrogens (primary N) is 1. The molecule has 0 saturated carbocycles. The molecule has 0 bridgehead atoms. The van der Waals surface area contributed by atoms with Gasteiger partial charge in [0.1, 0.15) is 5.82 Å². The normalized spacial score (nSPS) is 32.2. The van der Waals surface area contributed by atoms with E-state index in [9.17, 15) is 4.39 Å². The molecule has 0 aromatic heterocycles. The Balaban J connectivity index is 1.88. The van der Waals surface area contributed by atoms with Gasteiger partial charge in [0.15, 0.2) is 0 Å². The van der Waals surface area contributed by atoms with Crippen LogP contribution in [-0.4, -0.2) is 23.7 Å². The Labute approximate surface area is 130 Å². The zero-order valence-corrected chi connectivity index (χ0v) is 13.4. The first-order chi connectivity index (χ1) is 10.1. The predicted octanol–water partition coefficient (Wildman–Crippen LogP) is 3.69. The number of rotatable bonds is 3. The first kappa shape index (κ1) is 15.3. The van der Waals surface area contributed by atoms with Gasteiger partial charge in [-0.2, -0.15) is 11.8 Å². The van der Waals surface area contributed by atoms with Crippen LogP contribution in [0.1, 0.15) is 38.2 Å². The van der Waals surface area contributed by atoms with E-state index in [0.717, 1.165) is 43.6 Å². The van der Waals surface area contributed by atoms with E-state index in [1.54, 1.807) is 12.1 Å². The van der Waals surface area contributed by atoms with Crippen molar-refractivity contribution < 1.29 is 9.13 Å². The van der Waals surface area contributed by atoms with Gasteiger partial charge in [-0.15, -0.1) is 0 Å². The lowest BCUT2D eigenvalue weighted by atomic mass is 9.69. The van der Waals surface area contributed by atoms with E-state index in [-0.39, 0.29) is 11.4 Å². The highest BCUT2D eigenvalue weighted by molar-refractivity contribution is 7.99. The van der Waals surface area contributed by atoms with E-state index in [1.165, 1.54) is 11.8 Å². The molecular weight excluding hydrogens is 285 g/mol. The molecule has 2 aliphatic rings. The molecule has 1 aromatic carbocycles. The molecule has 1 spiro atoms. The van der Waals surface area contributed by atoms with Gasteiger partial charge in [0.2, 0.25) is 0 Å². The molecule has 0 radical (unpaired) electrons. The van der Waals surface area contributed by atoms with Crippen molar-refractivity contribution in [2.75, 3.05) is 18.1 Å². The van der Waals surface area contributed by atoms with Gasteiger partial charge in [-0.3, -0.25) is 0 Å². The molecule has 2 saturated heterocycles. The third-order valence-corrected chi connectivity index (χ3v) is 6.46. The van der Waals surface area contributed by atoms with Gasteiger partial charge in [-0.05, 0) is 55.1 Å². The molecule has 0 amide bonds. The standard InChI is InChI=1S/C17H24FNOS/c1-2-17(19,13-4-3-5-15(18)10-13)14-6-8-20-16(11-14)7-9-21-12-16/h3-5,10,14H,2,6-9,11-12,19H2,1H3. The molecule has 2 fully saturated rings. The molecule has 21 heavy (non-hydrogen) atoms. The van der Waals surface area contributed by atoms with Crippen LogP contribution in [0.5, 0.6) is 0 Å². The maximum Gasteiger partial charge on any atom is 0.123 e. The van der Waals surface area contributed by atoms with Gasteiger partial charge in [0.25, 0.3) is 0 Å². The largest absolute Gasteiger partial charge is 0.374 e. The Hall–Kier alpha value is -0.580. The van der Waals surface area contributed by atoms with Crippen LogP contribution >= 0.6 is 11.8 Å². The second kappa shape index (κ2) is 5.90. The van der Waals surface area contributed by atoms with Crippen LogP contribution < -0.4 is 5.73 Å². The molecule has 2 nitrogen and oxygen atoms in total. The smallest absolute Gasteiger partial charge is 0.123 e. The number of halogens is 1. The first-order valence-electron chi connectivity index (χ1n) is 7.85. The van der Waals surface area contributed by atoms with Crippen molar-refractivity contribution in [1.29, 1.82) is 0 Å². The molecule has 2 heterocycles. The van der Waals surface area contributed by atoms with Gasteiger partial charge >= 0.3 is 0 Å². The topological polar surface area (TPSA) is 35.2 Å². The molecule has 2 aliphatic heterocycles. The molecule has 1 aromatic rings. The summed E-state index contributed by atoms with van der Waals surface area (Å²) >= 11 is 1.97. The highest BCUT2D eigenvalue weighted by Gasteiger charge is 2.46. The molecule has 4 heteroatoms. The fourth-order valence-corrected chi connectivity index (χ4v) is 5.22. The quantitative estimate of drug-likeness (QED) is 0.925. The Bertz CT molecular complexity index is 503. The fourth-order valence-electron chi connectivity index (χ4n) is 3.84. The average molecular weight is 309 g/mol. The summed E-state index contributed by atoms with van der Waals surface area (Å²) in [6.45, 7) is 2.88. The van der Waals surface area contributed by atoms with E-state index in [0.29, 0.717) is 5.92 Å². The van der Waals surface area contributed by atoms with E-state index in [4.69, 9.17) is 10.5 Å². The first-order valence-corrected chi connectivity index (χ1v) is 9.00. The zero-order valence-electron chi connectivity index (χ0n) is 12.6. The van der Waals surface area contributed by atoms with E-state index in [1.807, 2.05) is 17.8 Å². The Morgan fingerprint density at radius 1 is 1.52 bits per heavy atom. The predicted molar refractivity (Wildman–Crippen MR) is 85.9 cm³/mol. The summed E-state index contributed by atoms with van der Waals surface area (Å²) in [5.74, 6) is 2.41. The third-order valence-electron chi connectivity index (χ3n) is 5.24. The summed E-state index contributed by atoms with van der Waals surface area (Å²) < 4.78 is 19.7. The molecule has 3 rings (SSSR count). The van der Waals surface area contributed by atoms with Crippen LogP contribution in [0, 0.1) is 11.7 Å². The van der Waals surface area contributed by atoms with Gasteiger partial charge in [-0.1, -0.05) is 19.1 Å². The van der Waals surface area contributed by atoms with E-state index < -0.39 is 5.54 Å². The van der Waals surface area contributed by atoms with Crippen molar-refractivity contribution in [1.82, 2.24) is 0 Å². The van der Waals surface area contributed by atoms with Crippen LogP contribution in [0.3, 0.4) is 0 Å². The number of benzene rings is 1. The van der Waals surface area contributed by atoms with Crippen LogP contribution in [0.2, 0.25) is 0 Å². The minimum atomic E-state index is -0.452. The molecule has 3 unspecified atom stereocenters. The van der Waals surface area contributed by atoms with Crippen molar-refractivity contribution in [3.63, 3.8) is 0 Å². The Kier molecular flexibility index (Phi) is 4.30. The van der Waals surface area contributed by atoms with Crippen molar-refractivity contribution >= 4 is 11.8 Å². The monoisotopic (exact) mass is 309 g/mol. The molecule has 0 aliphatic carbocycles. The van der Waals surface area contributed by atoms with Crippen LogP contribution in [0.25, 0.3) is 0 Å². The van der Waals surface area contributed by atoms with E-state index >= 15 is 0 Å². The number of hydrogen-bond donors (Lipinski definition) is 1. The van der Waals surface area contributed by atoms with Gasteiger partial charge in [0, 0.05) is 17.9 Å². The molecule has 116 valence electrons. The second-order valence-corrected chi connectivity index (χ2v) is 7.53. The van der Waals surface area contributed by atoms with Gasteiger partial charge in [-0.25, -0.2) is 4.39 Å². The Morgan fingerprint density at radius 2 is 2.38 bits per heavy atom. The molecule has 3 atom stereocenters. The summed E-state index contributed by atoms with van der Waals surface area (Å²) in [4.78, 5) is 0. The third kappa shape index (κ3) is 2.86. The maximum atomic E-state index is 13.6. The van der Waals surface area contributed by atoms with Crippen molar-refractivity contribution in [2.24, 2.45) is 11.7 Å².